The Kier molecular flexibility index (Phi) is 4.31. The first-order valence-electron chi connectivity index (χ1n) is 7.77. The average Bonchev–Trinajstić information content (AvgIpc) is 2.54. The molecular formula is C19H19ClN2S. The van der Waals surface area contributed by atoms with E-state index in [2.05, 4.69) is 42.2 Å². The lowest BCUT2D eigenvalue weighted by atomic mass is 9.86. The van der Waals surface area contributed by atoms with Crippen molar-refractivity contribution in [1.82, 2.24) is 0 Å². The highest BCUT2D eigenvalue weighted by atomic mass is 35.5. The minimum Gasteiger partial charge on any atom is -0.340 e. The van der Waals surface area contributed by atoms with E-state index in [1.165, 1.54) is 21.2 Å². The standard InChI is InChI=1S/C19H19ClN2S/c1-4-9-22-15-7-6-14(20)11-18(15)23-17-8-5-13(10-16(17)22)19(2,3)12-21/h5-8,10-11H,4,9H2,1-3H3. The molecule has 1 heterocycles. The molecule has 0 unspecified atom stereocenters. The van der Waals surface area contributed by atoms with Crippen LogP contribution >= 0.6 is 23.4 Å². The number of nitriles is 1. The second-order valence-electron chi connectivity index (χ2n) is 6.29. The molecule has 2 nitrogen and oxygen atoms in total. The molecule has 1 aliphatic rings. The highest BCUT2D eigenvalue weighted by molar-refractivity contribution is 7.99. The highest BCUT2D eigenvalue weighted by Crippen LogP contribution is 2.49. The fourth-order valence-corrected chi connectivity index (χ4v) is 4.13. The summed E-state index contributed by atoms with van der Waals surface area (Å²) in [6.45, 7) is 7.05. The van der Waals surface area contributed by atoms with E-state index in [1.807, 2.05) is 26.0 Å². The Morgan fingerprint density at radius 2 is 1.91 bits per heavy atom. The van der Waals surface area contributed by atoms with Gasteiger partial charge in [0.15, 0.2) is 0 Å². The summed E-state index contributed by atoms with van der Waals surface area (Å²) in [4.78, 5) is 4.74. The van der Waals surface area contributed by atoms with Gasteiger partial charge in [-0.15, -0.1) is 0 Å². The molecular weight excluding hydrogens is 324 g/mol. The number of halogens is 1. The minimum atomic E-state index is -0.488. The molecule has 0 spiro atoms. The van der Waals surface area contributed by atoms with Crippen molar-refractivity contribution < 1.29 is 0 Å². The van der Waals surface area contributed by atoms with Crippen LogP contribution in [0.15, 0.2) is 46.2 Å². The van der Waals surface area contributed by atoms with Gasteiger partial charge in [-0.1, -0.05) is 36.4 Å². The quantitative estimate of drug-likeness (QED) is 0.669. The summed E-state index contributed by atoms with van der Waals surface area (Å²) < 4.78 is 0. The number of anilines is 2. The molecule has 0 fully saturated rings. The lowest BCUT2D eigenvalue weighted by molar-refractivity contribution is 0.685. The Labute approximate surface area is 147 Å². The first kappa shape index (κ1) is 16.2. The zero-order valence-electron chi connectivity index (χ0n) is 13.6. The molecule has 0 aliphatic carbocycles. The van der Waals surface area contributed by atoms with Crippen LogP contribution in [0.5, 0.6) is 0 Å². The van der Waals surface area contributed by atoms with Crippen LogP contribution < -0.4 is 4.90 Å². The molecule has 0 amide bonds. The van der Waals surface area contributed by atoms with Gasteiger partial charge in [0.25, 0.3) is 0 Å². The van der Waals surface area contributed by atoms with Crippen molar-refractivity contribution in [2.75, 3.05) is 11.4 Å². The van der Waals surface area contributed by atoms with Crippen molar-refractivity contribution in [3.05, 3.63) is 47.0 Å². The Morgan fingerprint density at radius 3 is 2.61 bits per heavy atom. The van der Waals surface area contributed by atoms with Gasteiger partial charge in [0.1, 0.15) is 0 Å². The van der Waals surface area contributed by atoms with Gasteiger partial charge >= 0.3 is 0 Å². The van der Waals surface area contributed by atoms with E-state index in [-0.39, 0.29) is 0 Å². The van der Waals surface area contributed by atoms with Crippen molar-refractivity contribution in [1.29, 1.82) is 5.26 Å². The lowest BCUT2D eigenvalue weighted by Gasteiger charge is -2.34. The molecule has 0 N–H and O–H groups in total. The number of rotatable bonds is 3. The fourth-order valence-electron chi connectivity index (χ4n) is 2.77. The van der Waals surface area contributed by atoms with Crippen LogP contribution in [0, 0.1) is 11.3 Å². The third-order valence-corrected chi connectivity index (χ3v) is 5.48. The fraction of sp³-hybridized carbons (Fsp3) is 0.316. The number of benzene rings is 2. The lowest BCUT2D eigenvalue weighted by Crippen LogP contribution is -2.23. The van der Waals surface area contributed by atoms with Crippen molar-refractivity contribution in [2.24, 2.45) is 0 Å². The molecule has 4 heteroatoms. The van der Waals surface area contributed by atoms with E-state index >= 15 is 0 Å². The van der Waals surface area contributed by atoms with E-state index < -0.39 is 5.41 Å². The Balaban J connectivity index is 2.14. The summed E-state index contributed by atoms with van der Waals surface area (Å²) in [5.41, 5.74) is 2.95. The topological polar surface area (TPSA) is 27.0 Å². The van der Waals surface area contributed by atoms with Gasteiger partial charge in [-0.05, 0) is 56.2 Å². The third-order valence-electron chi connectivity index (χ3n) is 4.13. The molecule has 0 radical (unpaired) electrons. The van der Waals surface area contributed by atoms with E-state index in [0.717, 1.165) is 23.6 Å². The number of fused-ring (bicyclic) bond motifs is 2. The smallest absolute Gasteiger partial charge is 0.0767 e. The Morgan fingerprint density at radius 1 is 1.13 bits per heavy atom. The highest BCUT2D eigenvalue weighted by Gasteiger charge is 2.27. The SMILES string of the molecule is CCCN1c2ccc(Cl)cc2Sc2ccc(C(C)(C)C#N)cc21. The van der Waals surface area contributed by atoms with E-state index in [0.29, 0.717) is 0 Å². The summed E-state index contributed by atoms with van der Waals surface area (Å²) in [6.07, 6.45) is 1.05. The summed E-state index contributed by atoms with van der Waals surface area (Å²) in [6, 6.07) is 14.8. The molecule has 0 bridgehead atoms. The van der Waals surface area contributed by atoms with Crippen molar-refractivity contribution in [2.45, 2.75) is 42.4 Å². The summed E-state index contributed by atoms with van der Waals surface area (Å²) in [5.74, 6) is 0. The zero-order chi connectivity index (χ0) is 16.6. The van der Waals surface area contributed by atoms with Crippen molar-refractivity contribution in [3.8, 4) is 6.07 Å². The monoisotopic (exact) mass is 342 g/mol. The predicted molar refractivity (Wildman–Crippen MR) is 98.0 cm³/mol. The van der Waals surface area contributed by atoms with Crippen molar-refractivity contribution >= 4 is 34.7 Å². The number of hydrogen-bond acceptors (Lipinski definition) is 3. The van der Waals surface area contributed by atoms with Gasteiger partial charge < -0.3 is 4.90 Å². The summed E-state index contributed by atoms with van der Waals surface area (Å²) >= 11 is 7.91. The normalized spacial score (nSPS) is 13.3. The molecule has 0 atom stereocenters. The Bertz CT molecular complexity index is 792. The van der Waals surface area contributed by atoms with E-state index in [9.17, 15) is 5.26 Å². The summed E-state index contributed by atoms with van der Waals surface area (Å²) in [7, 11) is 0. The van der Waals surface area contributed by atoms with Gasteiger partial charge in [-0.2, -0.15) is 5.26 Å². The maximum Gasteiger partial charge on any atom is 0.0767 e. The molecule has 1 aliphatic heterocycles. The third kappa shape index (κ3) is 2.94. The predicted octanol–water partition coefficient (Wildman–Crippen LogP) is 6.15. The van der Waals surface area contributed by atoms with Crippen molar-refractivity contribution in [3.63, 3.8) is 0 Å². The molecule has 23 heavy (non-hydrogen) atoms. The number of hydrogen-bond donors (Lipinski definition) is 0. The second kappa shape index (κ2) is 6.11. The first-order valence-corrected chi connectivity index (χ1v) is 8.96. The van der Waals surface area contributed by atoms with Gasteiger partial charge in [0, 0.05) is 21.4 Å². The maximum atomic E-state index is 9.43. The van der Waals surface area contributed by atoms with Gasteiger partial charge in [-0.25, -0.2) is 0 Å². The molecule has 2 aromatic rings. The van der Waals surface area contributed by atoms with Gasteiger partial charge in [0.05, 0.1) is 22.9 Å². The van der Waals surface area contributed by atoms with Crippen LogP contribution in [0.25, 0.3) is 0 Å². The molecule has 0 saturated heterocycles. The molecule has 3 rings (SSSR count). The molecule has 2 aromatic carbocycles. The van der Waals surface area contributed by atoms with Gasteiger partial charge in [0.2, 0.25) is 0 Å². The first-order chi connectivity index (χ1) is 11.0. The zero-order valence-corrected chi connectivity index (χ0v) is 15.1. The van der Waals surface area contributed by atoms with E-state index in [4.69, 9.17) is 11.6 Å². The van der Waals surface area contributed by atoms with Gasteiger partial charge in [-0.3, -0.25) is 0 Å². The van der Waals surface area contributed by atoms with Crippen LogP contribution in [-0.4, -0.2) is 6.54 Å². The van der Waals surface area contributed by atoms with Crippen LogP contribution in [0.1, 0.15) is 32.8 Å². The van der Waals surface area contributed by atoms with Crippen LogP contribution in [-0.2, 0) is 5.41 Å². The number of nitrogens with zero attached hydrogens (tertiary/aromatic N) is 2. The molecule has 0 aromatic heterocycles. The van der Waals surface area contributed by atoms with E-state index in [1.54, 1.807) is 11.8 Å². The molecule has 118 valence electrons. The van der Waals surface area contributed by atoms with Crippen LogP contribution in [0.3, 0.4) is 0 Å². The largest absolute Gasteiger partial charge is 0.340 e. The maximum absolute atomic E-state index is 9.43. The Hall–Kier alpha value is -1.63. The van der Waals surface area contributed by atoms with Crippen LogP contribution in [0.4, 0.5) is 11.4 Å². The summed E-state index contributed by atoms with van der Waals surface area (Å²) in [5, 5.41) is 10.2. The van der Waals surface area contributed by atoms with Crippen LogP contribution in [0.2, 0.25) is 5.02 Å². The second-order valence-corrected chi connectivity index (χ2v) is 7.81. The average molecular weight is 343 g/mol. The minimum absolute atomic E-state index is 0.488. The molecule has 0 saturated carbocycles.